The third kappa shape index (κ3) is 2.65. The van der Waals surface area contributed by atoms with Gasteiger partial charge in [0.1, 0.15) is 6.10 Å². The number of ether oxygens (including phenoxy) is 1. The average molecular weight is 207 g/mol. The lowest BCUT2D eigenvalue weighted by Gasteiger charge is -2.30. The highest BCUT2D eigenvalue weighted by Gasteiger charge is 2.25. The van der Waals surface area contributed by atoms with E-state index in [-0.39, 0.29) is 6.10 Å². The highest BCUT2D eigenvalue weighted by molar-refractivity contribution is 5.02. The van der Waals surface area contributed by atoms with E-state index in [1.54, 1.807) is 18.6 Å². The molecule has 1 aliphatic carbocycles. The lowest BCUT2D eigenvalue weighted by Crippen LogP contribution is -2.35. The molecule has 4 nitrogen and oxygen atoms in total. The molecule has 2 unspecified atom stereocenters. The van der Waals surface area contributed by atoms with Gasteiger partial charge in [-0.3, -0.25) is 4.98 Å². The number of rotatable bonds is 3. The summed E-state index contributed by atoms with van der Waals surface area (Å²) in [5.41, 5.74) is 5.73. The van der Waals surface area contributed by atoms with E-state index in [2.05, 4.69) is 9.97 Å². The van der Waals surface area contributed by atoms with Crippen LogP contribution in [0.3, 0.4) is 0 Å². The van der Waals surface area contributed by atoms with Gasteiger partial charge in [0.05, 0.1) is 6.20 Å². The number of nitrogens with zero attached hydrogens (tertiary/aromatic N) is 2. The van der Waals surface area contributed by atoms with Gasteiger partial charge in [0.2, 0.25) is 5.88 Å². The third-order valence-electron chi connectivity index (χ3n) is 2.95. The van der Waals surface area contributed by atoms with E-state index in [4.69, 9.17) is 10.5 Å². The standard InChI is InChI=1S/C11H17N3O/c12-7-9-3-1-2-4-10(9)15-11-8-13-5-6-14-11/h5-6,8-10H,1-4,7,12H2. The fourth-order valence-electron chi connectivity index (χ4n) is 2.10. The highest BCUT2D eigenvalue weighted by atomic mass is 16.5. The van der Waals surface area contributed by atoms with Crippen LogP contribution in [0.15, 0.2) is 18.6 Å². The summed E-state index contributed by atoms with van der Waals surface area (Å²) in [7, 11) is 0. The topological polar surface area (TPSA) is 61.0 Å². The van der Waals surface area contributed by atoms with Gasteiger partial charge in [-0.25, -0.2) is 4.98 Å². The van der Waals surface area contributed by atoms with E-state index in [1.165, 1.54) is 19.3 Å². The first-order valence-corrected chi connectivity index (χ1v) is 5.53. The minimum Gasteiger partial charge on any atom is -0.473 e. The zero-order chi connectivity index (χ0) is 10.5. The minimum absolute atomic E-state index is 0.223. The van der Waals surface area contributed by atoms with Crippen LogP contribution in [0.5, 0.6) is 5.88 Å². The van der Waals surface area contributed by atoms with E-state index >= 15 is 0 Å². The molecular weight excluding hydrogens is 190 g/mol. The normalized spacial score (nSPS) is 26.2. The molecule has 0 spiro atoms. The second-order valence-electron chi connectivity index (χ2n) is 3.98. The molecule has 1 aromatic heterocycles. The van der Waals surface area contributed by atoms with E-state index in [0.717, 1.165) is 6.42 Å². The Balaban J connectivity index is 1.97. The third-order valence-corrected chi connectivity index (χ3v) is 2.95. The van der Waals surface area contributed by atoms with E-state index in [1.807, 2.05) is 0 Å². The van der Waals surface area contributed by atoms with Crippen LogP contribution in [0.1, 0.15) is 25.7 Å². The van der Waals surface area contributed by atoms with Crippen molar-refractivity contribution >= 4 is 0 Å². The summed E-state index contributed by atoms with van der Waals surface area (Å²) in [6.07, 6.45) is 9.91. The van der Waals surface area contributed by atoms with Crippen molar-refractivity contribution in [3.05, 3.63) is 18.6 Å². The molecule has 0 saturated heterocycles. The van der Waals surface area contributed by atoms with Crippen molar-refractivity contribution in [3.8, 4) is 5.88 Å². The Bertz CT molecular complexity index is 291. The highest BCUT2D eigenvalue weighted by Crippen LogP contribution is 2.26. The monoisotopic (exact) mass is 207 g/mol. The maximum atomic E-state index is 5.81. The van der Waals surface area contributed by atoms with Crippen molar-refractivity contribution in [1.82, 2.24) is 9.97 Å². The maximum absolute atomic E-state index is 5.81. The van der Waals surface area contributed by atoms with Crippen LogP contribution in [0.4, 0.5) is 0 Å². The molecule has 1 aromatic rings. The van der Waals surface area contributed by atoms with Gasteiger partial charge in [-0.15, -0.1) is 0 Å². The summed E-state index contributed by atoms with van der Waals surface area (Å²) in [6, 6.07) is 0. The molecule has 15 heavy (non-hydrogen) atoms. The Morgan fingerprint density at radius 1 is 1.33 bits per heavy atom. The summed E-state index contributed by atoms with van der Waals surface area (Å²) in [5, 5.41) is 0. The van der Waals surface area contributed by atoms with Gasteiger partial charge in [-0.1, -0.05) is 6.42 Å². The smallest absolute Gasteiger partial charge is 0.232 e. The van der Waals surface area contributed by atoms with Crippen LogP contribution in [-0.4, -0.2) is 22.6 Å². The van der Waals surface area contributed by atoms with Gasteiger partial charge >= 0.3 is 0 Å². The van der Waals surface area contributed by atoms with Crippen molar-refractivity contribution in [2.45, 2.75) is 31.8 Å². The first-order chi connectivity index (χ1) is 7.40. The van der Waals surface area contributed by atoms with Gasteiger partial charge in [0.15, 0.2) is 0 Å². The van der Waals surface area contributed by atoms with Crippen molar-refractivity contribution in [1.29, 1.82) is 0 Å². The van der Waals surface area contributed by atoms with Crippen molar-refractivity contribution in [2.75, 3.05) is 6.54 Å². The molecule has 1 aliphatic rings. The van der Waals surface area contributed by atoms with Crippen molar-refractivity contribution in [2.24, 2.45) is 11.7 Å². The predicted octanol–water partition coefficient (Wildman–Crippen LogP) is 1.37. The lowest BCUT2D eigenvalue weighted by atomic mass is 9.86. The largest absolute Gasteiger partial charge is 0.473 e. The molecule has 2 atom stereocenters. The Hall–Kier alpha value is -1.16. The second kappa shape index (κ2) is 5.07. The number of nitrogens with two attached hydrogens (primary N) is 1. The van der Waals surface area contributed by atoms with E-state index in [0.29, 0.717) is 18.3 Å². The molecule has 0 aromatic carbocycles. The second-order valence-corrected chi connectivity index (χ2v) is 3.98. The Labute approximate surface area is 89.9 Å². The first-order valence-electron chi connectivity index (χ1n) is 5.53. The van der Waals surface area contributed by atoms with E-state index in [9.17, 15) is 0 Å². The van der Waals surface area contributed by atoms with Crippen LogP contribution in [0.2, 0.25) is 0 Å². The summed E-state index contributed by atoms with van der Waals surface area (Å²) in [6.45, 7) is 0.699. The predicted molar refractivity (Wildman–Crippen MR) is 57.5 cm³/mol. The molecule has 0 aliphatic heterocycles. The van der Waals surface area contributed by atoms with Gasteiger partial charge in [-0.05, 0) is 25.8 Å². The van der Waals surface area contributed by atoms with E-state index < -0.39 is 0 Å². The number of hydrogen-bond acceptors (Lipinski definition) is 4. The quantitative estimate of drug-likeness (QED) is 0.813. The molecule has 2 N–H and O–H groups in total. The van der Waals surface area contributed by atoms with Crippen molar-refractivity contribution < 1.29 is 4.74 Å². The molecule has 1 heterocycles. The molecule has 0 amide bonds. The fourth-order valence-corrected chi connectivity index (χ4v) is 2.10. The SMILES string of the molecule is NCC1CCCCC1Oc1cnccn1. The Morgan fingerprint density at radius 3 is 2.93 bits per heavy atom. The van der Waals surface area contributed by atoms with Crippen LogP contribution in [0.25, 0.3) is 0 Å². The van der Waals surface area contributed by atoms with Crippen LogP contribution >= 0.6 is 0 Å². The zero-order valence-corrected chi connectivity index (χ0v) is 8.80. The molecule has 1 fully saturated rings. The average Bonchev–Trinajstić information content (AvgIpc) is 2.31. The van der Waals surface area contributed by atoms with Crippen LogP contribution in [-0.2, 0) is 0 Å². The van der Waals surface area contributed by atoms with Gasteiger partial charge < -0.3 is 10.5 Å². The summed E-state index contributed by atoms with van der Waals surface area (Å²) >= 11 is 0. The molecular formula is C11H17N3O. The lowest BCUT2D eigenvalue weighted by molar-refractivity contribution is 0.0918. The van der Waals surface area contributed by atoms with Gasteiger partial charge in [0, 0.05) is 18.3 Å². The molecule has 0 radical (unpaired) electrons. The Kier molecular flexibility index (Phi) is 3.50. The molecule has 82 valence electrons. The molecule has 1 saturated carbocycles. The van der Waals surface area contributed by atoms with Crippen molar-refractivity contribution in [3.63, 3.8) is 0 Å². The zero-order valence-electron chi connectivity index (χ0n) is 8.80. The Morgan fingerprint density at radius 2 is 2.20 bits per heavy atom. The van der Waals surface area contributed by atoms with Gasteiger partial charge in [0.25, 0.3) is 0 Å². The maximum Gasteiger partial charge on any atom is 0.232 e. The minimum atomic E-state index is 0.223. The van der Waals surface area contributed by atoms with Crippen LogP contribution < -0.4 is 10.5 Å². The number of hydrogen-bond donors (Lipinski definition) is 1. The van der Waals surface area contributed by atoms with Gasteiger partial charge in [-0.2, -0.15) is 0 Å². The summed E-state index contributed by atoms with van der Waals surface area (Å²) < 4.78 is 5.81. The molecule has 2 rings (SSSR count). The molecule has 4 heteroatoms. The summed E-state index contributed by atoms with van der Waals surface area (Å²) in [5.74, 6) is 1.09. The summed E-state index contributed by atoms with van der Waals surface area (Å²) in [4.78, 5) is 8.10. The van der Waals surface area contributed by atoms with Crippen LogP contribution in [0, 0.1) is 5.92 Å². The molecule has 0 bridgehead atoms. The number of aromatic nitrogens is 2. The first kappa shape index (κ1) is 10.4. The fraction of sp³-hybridized carbons (Fsp3) is 0.636.